The van der Waals surface area contributed by atoms with E-state index in [-0.39, 0.29) is 12.0 Å². The number of rotatable bonds is 6. The standard InChI is InChI=1S/C18H23N3O2/c22-18(10-9-15-6-2-1-3-7-15)20-16-12-19-21(13-16)14-17-8-4-5-11-23-17/h1-3,6-7,12-13,17H,4-5,8-11,14H2,(H,20,22). The molecule has 0 radical (unpaired) electrons. The summed E-state index contributed by atoms with van der Waals surface area (Å²) in [5.74, 6) is 0.0160. The van der Waals surface area contributed by atoms with Crippen LogP contribution in [0.5, 0.6) is 0 Å². The minimum atomic E-state index is 0.0160. The van der Waals surface area contributed by atoms with Gasteiger partial charge < -0.3 is 10.1 Å². The highest BCUT2D eigenvalue weighted by molar-refractivity contribution is 5.90. The van der Waals surface area contributed by atoms with E-state index in [1.54, 1.807) is 6.20 Å². The molecule has 5 heteroatoms. The van der Waals surface area contributed by atoms with Crippen LogP contribution in [0.25, 0.3) is 0 Å². The van der Waals surface area contributed by atoms with E-state index < -0.39 is 0 Å². The largest absolute Gasteiger partial charge is 0.376 e. The van der Waals surface area contributed by atoms with Crippen LogP contribution in [-0.4, -0.2) is 28.4 Å². The zero-order valence-electron chi connectivity index (χ0n) is 13.3. The summed E-state index contributed by atoms with van der Waals surface area (Å²) >= 11 is 0. The molecule has 23 heavy (non-hydrogen) atoms. The normalized spacial score (nSPS) is 17.8. The van der Waals surface area contributed by atoms with Crippen molar-refractivity contribution >= 4 is 11.6 Å². The first-order chi connectivity index (χ1) is 11.3. The molecule has 2 heterocycles. The van der Waals surface area contributed by atoms with Gasteiger partial charge in [0.15, 0.2) is 0 Å². The van der Waals surface area contributed by atoms with Crippen molar-refractivity contribution < 1.29 is 9.53 Å². The SMILES string of the molecule is O=C(CCc1ccccc1)Nc1cnn(CC2CCCCO2)c1. The van der Waals surface area contributed by atoms with Crippen LogP contribution in [0, 0.1) is 0 Å². The third-order valence-corrected chi connectivity index (χ3v) is 4.07. The van der Waals surface area contributed by atoms with Crippen molar-refractivity contribution in [2.45, 2.75) is 44.8 Å². The van der Waals surface area contributed by atoms with Crippen molar-refractivity contribution in [1.29, 1.82) is 0 Å². The number of nitrogens with zero attached hydrogens (tertiary/aromatic N) is 2. The van der Waals surface area contributed by atoms with Gasteiger partial charge in [-0.1, -0.05) is 30.3 Å². The van der Waals surface area contributed by atoms with Gasteiger partial charge in [-0.15, -0.1) is 0 Å². The predicted molar refractivity (Wildman–Crippen MR) is 89.2 cm³/mol. The lowest BCUT2D eigenvalue weighted by molar-refractivity contribution is -0.116. The molecule has 1 aromatic carbocycles. The summed E-state index contributed by atoms with van der Waals surface area (Å²) in [6.45, 7) is 1.59. The predicted octanol–water partition coefficient (Wildman–Crippen LogP) is 3.02. The van der Waals surface area contributed by atoms with Crippen molar-refractivity contribution in [3.63, 3.8) is 0 Å². The molecule has 1 atom stereocenters. The molecule has 1 fully saturated rings. The Kier molecular flexibility index (Phi) is 5.42. The third-order valence-electron chi connectivity index (χ3n) is 4.07. The van der Waals surface area contributed by atoms with Crippen LogP contribution >= 0.6 is 0 Å². The fourth-order valence-corrected chi connectivity index (χ4v) is 2.81. The Balaban J connectivity index is 1.45. The average Bonchev–Trinajstić information content (AvgIpc) is 3.02. The molecule has 1 N–H and O–H groups in total. The summed E-state index contributed by atoms with van der Waals surface area (Å²) in [5, 5.41) is 7.21. The molecule has 122 valence electrons. The minimum absolute atomic E-state index is 0.0160. The van der Waals surface area contributed by atoms with Crippen molar-refractivity contribution in [2.24, 2.45) is 0 Å². The fourth-order valence-electron chi connectivity index (χ4n) is 2.81. The molecule has 5 nitrogen and oxygen atoms in total. The van der Waals surface area contributed by atoms with Crippen molar-refractivity contribution in [1.82, 2.24) is 9.78 Å². The number of hydrogen-bond donors (Lipinski definition) is 1. The lowest BCUT2D eigenvalue weighted by atomic mass is 10.1. The van der Waals surface area contributed by atoms with E-state index in [1.807, 2.05) is 41.2 Å². The maximum Gasteiger partial charge on any atom is 0.224 e. The number of aryl methyl sites for hydroxylation is 1. The number of hydrogen-bond acceptors (Lipinski definition) is 3. The smallest absolute Gasteiger partial charge is 0.224 e. The van der Waals surface area contributed by atoms with Crippen LogP contribution in [-0.2, 0) is 22.5 Å². The second-order valence-electron chi connectivity index (χ2n) is 5.97. The number of benzene rings is 1. The van der Waals surface area contributed by atoms with Gasteiger partial charge in [-0.3, -0.25) is 9.48 Å². The van der Waals surface area contributed by atoms with E-state index in [0.717, 1.165) is 38.1 Å². The molecule has 1 aromatic heterocycles. The number of anilines is 1. The van der Waals surface area contributed by atoms with Crippen LogP contribution in [0.1, 0.15) is 31.2 Å². The molecule has 1 unspecified atom stereocenters. The highest BCUT2D eigenvalue weighted by Gasteiger charge is 2.15. The molecule has 1 aliphatic rings. The van der Waals surface area contributed by atoms with Crippen LogP contribution < -0.4 is 5.32 Å². The summed E-state index contributed by atoms with van der Waals surface area (Å²) in [4.78, 5) is 12.0. The number of aromatic nitrogens is 2. The Hall–Kier alpha value is -2.14. The van der Waals surface area contributed by atoms with Gasteiger partial charge in [0.05, 0.1) is 24.5 Å². The van der Waals surface area contributed by atoms with E-state index in [2.05, 4.69) is 10.4 Å². The van der Waals surface area contributed by atoms with Gasteiger partial charge in [0.2, 0.25) is 5.91 Å². The first-order valence-electron chi connectivity index (χ1n) is 8.27. The minimum Gasteiger partial charge on any atom is -0.376 e. The van der Waals surface area contributed by atoms with Crippen molar-refractivity contribution in [2.75, 3.05) is 11.9 Å². The maximum absolute atomic E-state index is 12.0. The summed E-state index contributed by atoms with van der Waals surface area (Å²) in [6.07, 6.45) is 8.48. The van der Waals surface area contributed by atoms with E-state index in [9.17, 15) is 4.79 Å². The molecule has 1 saturated heterocycles. The Bertz CT molecular complexity index is 618. The molecule has 3 rings (SSSR count). The van der Waals surface area contributed by atoms with Gasteiger partial charge in [0.1, 0.15) is 0 Å². The quantitative estimate of drug-likeness (QED) is 0.892. The Labute approximate surface area is 136 Å². The molecule has 0 bridgehead atoms. The number of ether oxygens (including phenoxy) is 1. The second-order valence-corrected chi connectivity index (χ2v) is 5.97. The molecule has 0 aliphatic carbocycles. The highest BCUT2D eigenvalue weighted by Crippen LogP contribution is 2.15. The number of carbonyl (C=O) groups excluding carboxylic acids is 1. The molecule has 0 saturated carbocycles. The lowest BCUT2D eigenvalue weighted by Gasteiger charge is -2.22. The molecule has 2 aromatic rings. The van der Waals surface area contributed by atoms with Crippen molar-refractivity contribution in [3.05, 3.63) is 48.3 Å². The third kappa shape index (κ3) is 4.93. The summed E-state index contributed by atoms with van der Waals surface area (Å²) in [6, 6.07) is 10.0. The maximum atomic E-state index is 12.0. The topological polar surface area (TPSA) is 56.2 Å². The first kappa shape index (κ1) is 15.7. The zero-order valence-corrected chi connectivity index (χ0v) is 13.3. The lowest BCUT2D eigenvalue weighted by Crippen LogP contribution is -2.24. The summed E-state index contributed by atoms with van der Waals surface area (Å²) < 4.78 is 7.56. The van der Waals surface area contributed by atoms with Crippen LogP contribution in [0.3, 0.4) is 0 Å². The molecular formula is C18H23N3O2. The van der Waals surface area contributed by atoms with Gasteiger partial charge in [0, 0.05) is 19.2 Å². The Morgan fingerprint density at radius 2 is 2.17 bits per heavy atom. The van der Waals surface area contributed by atoms with Gasteiger partial charge in [-0.2, -0.15) is 5.10 Å². The van der Waals surface area contributed by atoms with E-state index >= 15 is 0 Å². The Morgan fingerprint density at radius 1 is 1.30 bits per heavy atom. The number of amides is 1. The number of carbonyl (C=O) groups is 1. The molecule has 1 amide bonds. The van der Waals surface area contributed by atoms with E-state index in [1.165, 1.54) is 12.0 Å². The molecular weight excluding hydrogens is 290 g/mol. The van der Waals surface area contributed by atoms with Gasteiger partial charge >= 0.3 is 0 Å². The molecule has 0 spiro atoms. The monoisotopic (exact) mass is 313 g/mol. The first-order valence-corrected chi connectivity index (χ1v) is 8.27. The highest BCUT2D eigenvalue weighted by atomic mass is 16.5. The van der Waals surface area contributed by atoms with Crippen LogP contribution in [0.15, 0.2) is 42.7 Å². The fraction of sp³-hybridized carbons (Fsp3) is 0.444. The Morgan fingerprint density at radius 3 is 2.96 bits per heavy atom. The number of nitrogens with one attached hydrogen (secondary N) is 1. The van der Waals surface area contributed by atoms with Gasteiger partial charge in [-0.25, -0.2) is 0 Å². The second kappa shape index (κ2) is 7.92. The average molecular weight is 313 g/mol. The van der Waals surface area contributed by atoms with Crippen LogP contribution in [0.4, 0.5) is 5.69 Å². The van der Waals surface area contributed by atoms with E-state index in [4.69, 9.17) is 4.74 Å². The summed E-state index contributed by atoms with van der Waals surface area (Å²) in [5.41, 5.74) is 1.92. The summed E-state index contributed by atoms with van der Waals surface area (Å²) in [7, 11) is 0. The van der Waals surface area contributed by atoms with Gasteiger partial charge in [-0.05, 0) is 31.2 Å². The zero-order chi connectivity index (χ0) is 15.9. The van der Waals surface area contributed by atoms with E-state index in [0.29, 0.717) is 6.42 Å². The van der Waals surface area contributed by atoms with Gasteiger partial charge in [0.25, 0.3) is 0 Å². The van der Waals surface area contributed by atoms with Crippen LogP contribution in [0.2, 0.25) is 0 Å². The van der Waals surface area contributed by atoms with Crippen molar-refractivity contribution in [3.8, 4) is 0 Å². The molecule has 1 aliphatic heterocycles.